The van der Waals surface area contributed by atoms with Gasteiger partial charge in [-0.05, 0) is 74.7 Å². The molecule has 2 nitrogen and oxygen atoms in total. The standard InChI is InChI=1S/C6H4F3I3O2/c1-2(5(7,8)9)3(4(13)14)6(10,11)12/h1H3,(H,13,14). The zero-order chi connectivity index (χ0) is 11.7. The number of hydrogen-bond donors (Lipinski definition) is 1. The molecule has 0 aliphatic rings. The molecule has 0 atom stereocenters. The first-order valence-electron chi connectivity index (χ1n) is 3.06. The largest absolute Gasteiger partial charge is 0.478 e. The molecular formula is C6H4F3I3O2. The summed E-state index contributed by atoms with van der Waals surface area (Å²) in [4.78, 5) is 10.7. The fourth-order valence-electron chi connectivity index (χ4n) is 0.636. The van der Waals surface area contributed by atoms with Crippen molar-refractivity contribution in [3.8, 4) is 0 Å². The lowest BCUT2D eigenvalue weighted by atomic mass is 10.1. The van der Waals surface area contributed by atoms with Crippen LogP contribution >= 0.6 is 67.8 Å². The number of halogens is 6. The van der Waals surface area contributed by atoms with Gasteiger partial charge in [0.25, 0.3) is 0 Å². The Hall–Kier alpha value is 1.19. The second-order valence-corrected chi connectivity index (χ2v) is 13.3. The smallest absolute Gasteiger partial charge is 0.413 e. The van der Waals surface area contributed by atoms with Crippen molar-refractivity contribution < 1.29 is 23.1 Å². The molecule has 0 aliphatic carbocycles. The lowest BCUT2D eigenvalue weighted by Crippen LogP contribution is -2.23. The van der Waals surface area contributed by atoms with Gasteiger partial charge in [0.2, 0.25) is 0 Å². The van der Waals surface area contributed by atoms with Crippen molar-refractivity contribution >= 4 is 73.7 Å². The monoisotopic (exact) mass is 546 g/mol. The Morgan fingerprint density at radius 1 is 1.21 bits per heavy atom. The second-order valence-electron chi connectivity index (χ2n) is 2.30. The van der Waals surface area contributed by atoms with Crippen LogP contribution in [0.5, 0.6) is 0 Å². The molecule has 0 saturated heterocycles. The number of alkyl halides is 6. The van der Waals surface area contributed by atoms with E-state index in [-0.39, 0.29) is 0 Å². The van der Waals surface area contributed by atoms with Crippen LogP contribution in [0.25, 0.3) is 0 Å². The number of allylic oxidation sites excluding steroid dienone is 1. The second kappa shape index (κ2) is 5.01. The summed E-state index contributed by atoms with van der Waals surface area (Å²) < 4.78 is 35.7. The van der Waals surface area contributed by atoms with Gasteiger partial charge in [-0.2, -0.15) is 13.2 Å². The third-order valence-electron chi connectivity index (χ3n) is 1.30. The zero-order valence-corrected chi connectivity index (χ0v) is 13.1. The van der Waals surface area contributed by atoms with Crippen LogP contribution in [0.1, 0.15) is 6.92 Å². The van der Waals surface area contributed by atoms with Crippen molar-refractivity contribution in [2.24, 2.45) is 0 Å². The molecule has 14 heavy (non-hydrogen) atoms. The van der Waals surface area contributed by atoms with Gasteiger partial charge in [-0.25, -0.2) is 4.79 Å². The highest BCUT2D eigenvalue weighted by Gasteiger charge is 2.41. The van der Waals surface area contributed by atoms with E-state index in [9.17, 15) is 18.0 Å². The quantitative estimate of drug-likeness (QED) is 0.325. The molecule has 0 aromatic rings. The van der Waals surface area contributed by atoms with Gasteiger partial charge in [-0.1, -0.05) is 0 Å². The number of rotatable bonds is 2. The molecule has 82 valence electrons. The van der Waals surface area contributed by atoms with Crippen LogP contribution in [0.4, 0.5) is 13.2 Å². The van der Waals surface area contributed by atoms with Crippen LogP contribution in [0.3, 0.4) is 0 Å². The van der Waals surface area contributed by atoms with Gasteiger partial charge in [-0.15, -0.1) is 0 Å². The van der Waals surface area contributed by atoms with Crippen molar-refractivity contribution in [1.29, 1.82) is 0 Å². The van der Waals surface area contributed by atoms with E-state index in [1.54, 1.807) is 67.8 Å². The number of carboxylic acid groups (broad SMARTS) is 1. The van der Waals surface area contributed by atoms with Gasteiger partial charge in [-0.3, -0.25) is 0 Å². The molecule has 0 spiro atoms. The van der Waals surface area contributed by atoms with Crippen molar-refractivity contribution in [3.63, 3.8) is 0 Å². The Morgan fingerprint density at radius 2 is 1.57 bits per heavy atom. The Labute approximate surface area is 119 Å². The van der Waals surface area contributed by atoms with Crippen LogP contribution in [0, 0.1) is 0 Å². The summed E-state index contributed by atoms with van der Waals surface area (Å²) in [5, 5.41) is 8.67. The number of carboxylic acids is 1. The highest BCUT2D eigenvalue weighted by molar-refractivity contribution is 14.3. The number of hydrogen-bond acceptors (Lipinski definition) is 1. The van der Waals surface area contributed by atoms with Gasteiger partial charge in [0.15, 0.2) is -0.565 Å². The van der Waals surface area contributed by atoms with Crippen LogP contribution in [-0.4, -0.2) is 16.7 Å². The van der Waals surface area contributed by atoms with Crippen molar-refractivity contribution in [2.75, 3.05) is 0 Å². The molecule has 0 saturated carbocycles. The van der Waals surface area contributed by atoms with E-state index in [1.807, 2.05) is 0 Å². The summed E-state index contributed by atoms with van der Waals surface area (Å²) in [6, 6.07) is 0. The lowest BCUT2D eigenvalue weighted by Gasteiger charge is -2.18. The molecule has 0 unspecified atom stereocenters. The molecule has 1 N–H and O–H groups in total. The van der Waals surface area contributed by atoms with E-state index < -0.39 is 22.7 Å². The van der Waals surface area contributed by atoms with Crippen molar-refractivity contribution in [1.82, 2.24) is 0 Å². The third kappa shape index (κ3) is 4.37. The molecule has 0 radical (unpaired) electrons. The Kier molecular flexibility index (Phi) is 5.44. The highest BCUT2D eigenvalue weighted by atomic mass is 127. The minimum Gasteiger partial charge on any atom is -0.478 e. The molecule has 0 aromatic carbocycles. The predicted molar refractivity (Wildman–Crippen MR) is 71.2 cm³/mol. The molecule has 0 aromatic heterocycles. The maximum atomic E-state index is 12.3. The first-order valence-corrected chi connectivity index (χ1v) is 6.30. The van der Waals surface area contributed by atoms with Crippen LogP contribution < -0.4 is 0 Å². The van der Waals surface area contributed by atoms with E-state index in [1.165, 1.54) is 0 Å². The molecule has 0 bridgehead atoms. The number of carbonyl (C=O) groups is 1. The minimum atomic E-state index is -4.60. The zero-order valence-electron chi connectivity index (χ0n) is 6.62. The van der Waals surface area contributed by atoms with Gasteiger partial charge in [0.05, 0.1) is 5.57 Å². The van der Waals surface area contributed by atoms with Crippen LogP contribution in [0.2, 0.25) is 0 Å². The first-order chi connectivity index (χ1) is 5.98. The number of aliphatic carboxylic acids is 1. The van der Waals surface area contributed by atoms with E-state index in [0.29, 0.717) is 0 Å². The van der Waals surface area contributed by atoms with E-state index in [0.717, 1.165) is 6.92 Å². The minimum absolute atomic E-state index is 0.633. The molecule has 0 amide bonds. The molecular weight excluding hydrogens is 542 g/mol. The molecule has 0 fully saturated rings. The third-order valence-corrected chi connectivity index (χ3v) is 2.92. The topological polar surface area (TPSA) is 37.3 Å². The Morgan fingerprint density at radius 3 is 1.64 bits per heavy atom. The highest BCUT2D eigenvalue weighted by Crippen LogP contribution is 2.46. The molecule has 8 heteroatoms. The van der Waals surface area contributed by atoms with E-state index in [2.05, 4.69) is 0 Å². The summed E-state index contributed by atoms with van der Waals surface area (Å²) in [5.74, 6) is -1.54. The summed E-state index contributed by atoms with van der Waals surface area (Å²) in [5.41, 5.74) is -1.70. The Bertz CT molecular complexity index is 277. The summed E-state index contributed by atoms with van der Waals surface area (Å²) in [6.07, 6.45) is -4.60. The fraction of sp³-hybridized carbons (Fsp3) is 0.500. The van der Waals surface area contributed by atoms with Gasteiger partial charge in [0, 0.05) is 5.57 Å². The average molecular weight is 546 g/mol. The maximum Gasteiger partial charge on any atom is 0.413 e. The van der Waals surface area contributed by atoms with E-state index in [4.69, 9.17) is 5.11 Å². The van der Waals surface area contributed by atoms with Gasteiger partial charge >= 0.3 is 12.1 Å². The van der Waals surface area contributed by atoms with E-state index >= 15 is 0 Å². The summed E-state index contributed by atoms with van der Waals surface area (Å²) in [6.45, 7) is 0.772. The molecule has 0 aliphatic heterocycles. The van der Waals surface area contributed by atoms with Crippen LogP contribution in [-0.2, 0) is 4.79 Å². The van der Waals surface area contributed by atoms with Crippen molar-refractivity contribution in [3.05, 3.63) is 11.1 Å². The van der Waals surface area contributed by atoms with Crippen molar-refractivity contribution in [2.45, 2.75) is 12.5 Å². The lowest BCUT2D eigenvalue weighted by molar-refractivity contribution is -0.134. The predicted octanol–water partition coefficient (Wildman–Crippen LogP) is 3.91. The SMILES string of the molecule is CC(=C(C(=O)O)C(I)(I)I)C(F)(F)F. The summed E-state index contributed by atoms with van der Waals surface area (Å²) >= 11 is 4.93. The molecule has 0 heterocycles. The van der Waals surface area contributed by atoms with Gasteiger partial charge in [0.1, 0.15) is 0 Å². The molecule has 0 rings (SSSR count). The van der Waals surface area contributed by atoms with Gasteiger partial charge < -0.3 is 5.11 Å². The normalized spacial score (nSPS) is 15.1. The average Bonchev–Trinajstić information content (AvgIpc) is 1.79. The first kappa shape index (κ1) is 15.2. The summed E-state index contributed by atoms with van der Waals surface area (Å²) in [7, 11) is 0. The maximum absolute atomic E-state index is 12.3. The Balaban J connectivity index is 5.53. The fourth-order valence-corrected chi connectivity index (χ4v) is 2.54. The van der Waals surface area contributed by atoms with Crippen LogP contribution in [0.15, 0.2) is 11.1 Å².